The second-order valence-electron chi connectivity index (χ2n) is 6.09. The number of aromatic nitrogens is 5. The molecule has 1 aliphatic carbocycles. The van der Waals surface area contributed by atoms with E-state index in [1.807, 2.05) is 0 Å². The predicted molar refractivity (Wildman–Crippen MR) is 92.0 cm³/mol. The summed E-state index contributed by atoms with van der Waals surface area (Å²) in [5.41, 5.74) is -0.655. The monoisotopic (exact) mass is 410 g/mol. The van der Waals surface area contributed by atoms with Crippen LogP contribution < -0.4 is 5.32 Å². The van der Waals surface area contributed by atoms with Gasteiger partial charge in [0.1, 0.15) is 12.7 Å². The number of halogens is 3. The first-order chi connectivity index (χ1) is 13.4. The van der Waals surface area contributed by atoms with Crippen LogP contribution in [0.2, 0.25) is 0 Å². The van der Waals surface area contributed by atoms with Crippen LogP contribution in [-0.4, -0.2) is 36.6 Å². The fourth-order valence-corrected chi connectivity index (χ4v) is 3.00. The van der Waals surface area contributed by atoms with Crippen LogP contribution >= 0.6 is 11.8 Å². The number of nitrogens with one attached hydrogen (secondary N) is 1. The Morgan fingerprint density at radius 2 is 2.14 bits per heavy atom. The van der Waals surface area contributed by atoms with Crippen LogP contribution in [0, 0.1) is 0 Å². The number of nitrogens with zero attached hydrogens (tertiary/aromatic N) is 5. The molecule has 0 atom stereocenters. The second-order valence-corrected chi connectivity index (χ2v) is 7.01. The highest BCUT2D eigenvalue weighted by Crippen LogP contribution is 2.40. The van der Waals surface area contributed by atoms with Crippen molar-refractivity contribution < 1.29 is 22.4 Å². The molecule has 1 aromatic carbocycles. The first-order valence-electron chi connectivity index (χ1n) is 8.22. The quantitative estimate of drug-likeness (QED) is 0.623. The number of benzene rings is 1. The molecule has 1 fully saturated rings. The molecule has 0 saturated heterocycles. The lowest BCUT2D eigenvalue weighted by Gasteiger charge is -2.14. The molecule has 0 unspecified atom stereocenters. The molecule has 12 heteroatoms. The Balaban J connectivity index is 1.48. The van der Waals surface area contributed by atoms with Crippen LogP contribution in [-0.2, 0) is 11.0 Å². The third-order valence-electron chi connectivity index (χ3n) is 3.94. The highest BCUT2D eigenvalue weighted by molar-refractivity contribution is 7.99. The van der Waals surface area contributed by atoms with Crippen LogP contribution in [0.5, 0.6) is 0 Å². The highest BCUT2D eigenvalue weighted by Gasteiger charge is 2.32. The van der Waals surface area contributed by atoms with E-state index in [2.05, 4.69) is 25.6 Å². The lowest BCUT2D eigenvalue weighted by atomic mass is 10.1. The summed E-state index contributed by atoms with van der Waals surface area (Å²) >= 11 is 1.02. The SMILES string of the molecule is O=C(CSc1nnc(C2CC2)o1)Nc1cc(C(F)(F)F)ccc1-n1cncn1. The van der Waals surface area contributed by atoms with Crippen LogP contribution in [0.25, 0.3) is 5.69 Å². The van der Waals surface area contributed by atoms with Crippen LogP contribution in [0.4, 0.5) is 18.9 Å². The molecule has 2 heterocycles. The van der Waals surface area contributed by atoms with Gasteiger partial charge >= 0.3 is 6.18 Å². The first kappa shape index (κ1) is 18.5. The molecule has 1 aliphatic rings. The molecule has 8 nitrogen and oxygen atoms in total. The van der Waals surface area contributed by atoms with Crippen molar-refractivity contribution in [1.82, 2.24) is 25.0 Å². The Hall–Kier alpha value is -2.89. The minimum atomic E-state index is -4.54. The van der Waals surface area contributed by atoms with Gasteiger partial charge in [-0.15, -0.1) is 10.2 Å². The van der Waals surface area contributed by atoms with Crippen molar-refractivity contribution in [3.63, 3.8) is 0 Å². The molecule has 0 spiro atoms. The number of thioether (sulfide) groups is 1. The molecule has 0 radical (unpaired) electrons. The third kappa shape index (κ3) is 4.16. The summed E-state index contributed by atoms with van der Waals surface area (Å²) in [6.07, 6.45) is 0.0376. The minimum Gasteiger partial charge on any atom is -0.416 e. The van der Waals surface area contributed by atoms with Gasteiger partial charge in [0.05, 0.1) is 22.7 Å². The van der Waals surface area contributed by atoms with E-state index in [1.165, 1.54) is 23.4 Å². The smallest absolute Gasteiger partial charge is 0.416 e. The molecule has 4 rings (SSSR count). The molecular weight excluding hydrogens is 397 g/mol. The Labute approximate surface area is 160 Å². The first-order valence-corrected chi connectivity index (χ1v) is 9.21. The predicted octanol–water partition coefficient (Wildman–Crippen LogP) is 3.28. The molecular formula is C16H13F3N6O2S. The number of alkyl halides is 3. The van der Waals surface area contributed by atoms with E-state index in [0.717, 1.165) is 36.7 Å². The van der Waals surface area contributed by atoms with E-state index in [4.69, 9.17) is 4.42 Å². The Morgan fingerprint density at radius 1 is 1.32 bits per heavy atom. The summed E-state index contributed by atoms with van der Waals surface area (Å²) in [5.74, 6) is 0.233. The summed E-state index contributed by atoms with van der Waals surface area (Å²) in [6.45, 7) is 0. The molecule has 0 aliphatic heterocycles. The molecule has 1 N–H and O–H groups in total. The van der Waals surface area contributed by atoms with Crippen LogP contribution in [0.15, 0.2) is 40.5 Å². The van der Waals surface area contributed by atoms with E-state index >= 15 is 0 Å². The van der Waals surface area contributed by atoms with Crippen molar-refractivity contribution in [2.75, 3.05) is 11.1 Å². The number of amides is 1. The van der Waals surface area contributed by atoms with Gasteiger partial charge in [-0.2, -0.15) is 18.3 Å². The summed E-state index contributed by atoms with van der Waals surface area (Å²) in [4.78, 5) is 16.0. The zero-order valence-electron chi connectivity index (χ0n) is 14.2. The van der Waals surface area contributed by atoms with Gasteiger partial charge in [-0.3, -0.25) is 4.79 Å². The van der Waals surface area contributed by atoms with Gasteiger partial charge in [-0.1, -0.05) is 11.8 Å². The molecule has 2 aromatic heterocycles. The molecule has 28 heavy (non-hydrogen) atoms. The van der Waals surface area contributed by atoms with E-state index in [9.17, 15) is 18.0 Å². The van der Waals surface area contributed by atoms with Gasteiger partial charge in [0, 0.05) is 5.92 Å². The number of hydrogen-bond donors (Lipinski definition) is 1. The molecule has 1 amide bonds. The Morgan fingerprint density at radius 3 is 2.82 bits per heavy atom. The average molecular weight is 410 g/mol. The highest BCUT2D eigenvalue weighted by atomic mass is 32.2. The Kier molecular flexibility index (Phi) is 4.79. The number of anilines is 1. The van der Waals surface area contributed by atoms with Crippen molar-refractivity contribution >= 4 is 23.4 Å². The van der Waals surface area contributed by atoms with Crippen LogP contribution in [0.3, 0.4) is 0 Å². The zero-order chi connectivity index (χ0) is 19.7. The topological polar surface area (TPSA) is 98.7 Å². The fourth-order valence-electron chi connectivity index (χ4n) is 2.43. The average Bonchev–Trinajstić information content (AvgIpc) is 3.16. The number of carbonyl (C=O) groups is 1. The summed E-state index contributed by atoms with van der Waals surface area (Å²) < 4.78 is 45.8. The van der Waals surface area contributed by atoms with Gasteiger partial charge in [0.2, 0.25) is 11.8 Å². The third-order valence-corrected chi connectivity index (χ3v) is 4.76. The largest absolute Gasteiger partial charge is 0.416 e. The lowest BCUT2D eigenvalue weighted by molar-refractivity contribution is -0.137. The second kappa shape index (κ2) is 7.26. The number of rotatable bonds is 6. The zero-order valence-corrected chi connectivity index (χ0v) is 15.0. The van der Waals surface area contributed by atoms with E-state index in [-0.39, 0.29) is 22.4 Å². The number of carbonyl (C=O) groups excluding carboxylic acids is 1. The lowest BCUT2D eigenvalue weighted by Crippen LogP contribution is -2.17. The van der Waals surface area contributed by atoms with Gasteiger partial charge < -0.3 is 9.73 Å². The summed E-state index contributed by atoms with van der Waals surface area (Å²) in [5, 5.41) is 14.4. The van der Waals surface area contributed by atoms with Crippen molar-refractivity contribution in [2.24, 2.45) is 0 Å². The van der Waals surface area contributed by atoms with Crippen molar-refractivity contribution in [3.8, 4) is 5.69 Å². The Bertz CT molecular complexity index is 985. The van der Waals surface area contributed by atoms with Gasteiger partial charge in [-0.25, -0.2) is 9.67 Å². The summed E-state index contributed by atoms with van der Waals surface area (Å²) in [6, 6.07) is 3.00. The molecule has 146 valence electrons. The standard InChI is InChI=1S/C16H13F3N6O2S/c17-16(18,19)10-3-4-12(25-8-20-7-21-25)11(5-10)22-13(26)6-28-15-24-23-14(27-15)9-1-2-9/h3-5,7-9H,1-2,6H2,(H,22,26). The van der Waals surface area contributed by atoms with Gasteiger partial charge in [0.25, 0.3) is 5.22 Å². The van der Waals surface area contributed by atoms with Crippen LogP contribution in [0.1, 0.15) is 30.2 Å². The van der Waals surface area contributed by atoms with Gasteiger partial charge in [-0.05, 0) is 31.0 Å². The van der Waals surface area contributed by atoms with Crippen molar-refractivity contribution in [2.45, 2.75) is 30.2 Å². The van der Waals surface area contributed by atoms with Crippen molar-refractivity contribution in [1.29, 1.82) is 0 Å². The van der Waals surface area contributed by atoms with Gasteiger partial charge in [0.15, 0.2) is 0 Å². The number of hydrogen-bond acceptors (Lipinski definition) is 7. The normalized spacial score (nSPS) is 14.2. The molecule has 0 bridgehead atoms. The maximum atomic E-state index is 13.0. The van der Waals surface area contributed by atoms with E-state index in [0.29, 0.717) is 11.8 Å². The van der Waals surface area contributed by atoms with Crippen molar-refractivity contribution in [3.05, 3.63) is 42.3 Å². The maximum absolute atomic E-state index is 13.0. The molecule has 1 saturated carbocycles. The maximum Gasteiger partial charge on any atom is 0.416 e. The summed E-state index contributed by atoms with van der Waals surface area (Å²) in [7, 11) is 0. The molecule has 3 aromatic rings. The fraction of sp³-hybridized carbons (Fsp3) is 0.312. The van der Waals surface area contributed by atoms with E-state index < -0.39 is 17.6 Å². The van der Waals surface area contributed by atoms with E-state index in [1.54, 1.807) is 0 Å². The minimum absolute atomic E-state index is 0.0323.